The summed E-state index contributed by atoms with van der Waals surface area (Å²) in [4.78, 5) is 11.0. The summed E-state index contributed by atoms with van der Waals surface area (Å²) >= 11 is 0. The van der Waals surface area contributed by atoms with Crippen molar-refractivity contribution in [3.05, 3.63) is 0 Å². The fourth-order valence-electron chi connectivity index (χ4n) is 1.61. The predicted molar refractivity (Wildman–Crippen MR) is 61.1 cm³/mol. The second kappa shape index (κ2) is 8.50. The highest BCUT2D eigenvalue weighted by molar-refractivity contribution is 5.75. The van der Waals surface area contributed by atoms with Gasteiger partial charge >= 0.3 is 0 Å². The summed E-state index contributed by atoms with van der Waals surface area (Å²) in [5, 5.41) is 2.78. The topological polar surface area (TPSA) is 73.6 Å². The lowest BCUT2D eigenvalue weighted by molar-refractivity contribution is -0.120. The first kappa shape index (κ1) is 13.4. The van der Waals surface area contributed by atoms with Gasteiger partial charge in [-0.25, -0.2) is 0 Å². The van der Waals surface area contributed by atoms with Gasteiger partial charge in [0.2, 0.25) is 5.91 Å². The maximum atomic E-state index is 11.0. The molecule has 1 heterocycles. The molecule has 0 saturated carbocycles. The van der Waals surface area contributed by atoms with Crippen molar-refractivity contribution in [3.63, 3.8) is 0 Å². The average Bonchev–Trinajstić information content (AvgIpc) is 2.76. The van der Waals surface area contributed by atoms with E-state index in [0.29, 0.717) is 32.7 Å². The van der Waals surface area contributed by atoms with Crippen LogP contribution in [-0.4, -0.2) is 44.9 Å². The Morgan fingerprint density at radius 2 is 2.44 bits per heavy atom. The SMILES string of the molecule is NCCC(=O)NCCCOCC1CCCO1. The number of nitrogens with two attached hydrogens (primary N) is 1. The van der Waals surface area contributed by atoms with Crippen LogP contribution in [0.1, 0.15) is 25.7 Å². The molecule has 3 N–H and O–H groups in total. The number of carbonyl (C=O) groups is 1. The maximum absolute atomic E-state index is 11.0. The molecule has 0 aliphatic carbocycles. The highest BCUT2D eigenvalue weighted by Gasteiger charge is 2.14. The zero-order chi connectivity index (χ0) is 11.6. The third-order valence-corrected chi connectivity index (χ3v) is 2.49. The predicted octanol–water partition coefficient (Wildman–Crippen LogP) is 0.0371. The van der Waals surface area contributed by atoms with Crippen LogP contribution >= 0.6 is 0 Å². The molecule has 1 unspecified atom stereocenters. The molecule has 1 atom stereocenters. The van der Waals surface area contributed by atoms with E-state index in [2.05, 4.69) is 5.32 Å². The minimum atomic E-state index is 0.0154. The summed E-state index contributed by atoms with van der Waals surface area (Å²) in [7, 11) is 0. The third kappa shape index (κ3) is 6.05. The van der Waals surface area contributed by atoms with Crippen molar-refractivity contribution in [1.82, 2.24) is 5.32 Å². The number of ether oxygens (including phenoxy) is 2. The Morgan fingerprint density at radius 3 is 3.12 bits per heavy atom. The maximum Gasteiger partial charge on any atom is 0.221 e. The molecule has 1 aliphatic heterocycles. The van der Waals surface area contributed by atoms with Gasteiger partial charge in [0.1, 0.15) is 0 Å². The summed E-state index contributed by atoms with van der Waals surface area (Å²) in [6, 6.07) is 0. The molecule has 1 amide bonds. The van der Waals surface area contributed by atoms with Crippen LogP contribution in [0.15, 0.2) is 0 Å². The monoisotopic (exact) mass is 230 g/mol. The minimum absolute atomic E-state index is 0.0154. The van der Waals surface area contributed by atoms with Crippen LogP contribution in [0.4, 0.5) is 0 Å². The zero-order valence-electron chi connectivity index (χ0n) is 9.74. The Hall–Kier alpha value is -0.650. The largest absolute Gasteiger partial charge is 0.379 e. The number of hydrogen-bond donors (Lipinski definition) is 2. The number of hydrogen-bond acceptors (Lipinski definition) is 4. The van der Waals surface area contributed by atoms with Gasteiger partial charge < -0.3 is 20.5 Å². The molecular weight excluding hydrogens is 208 g/mol. The Morgan fingerprint density at radius 1 is 1.56 bits per heavy atom. The molecule has 94 valence electrons. The van der Waals surface area contributed by atoms with Crippen LogP contribution in [0.25, 0.3) is 0 Å². The Balaban J connectivity index is 1.82. The molecule has 1 fully saturated rings. The van der Waals surface area contributed by atoms with Crippen LogP contribution in [-0.2, 0) is 14.3 Å². The van der Waals surface area contributed by atoms with Gasteiger partial charge in [0, 0.05) is 32.7 Å². The van der Waals surface area contributed by atoms with Gasteiger partial charge in [-0.2, -0.15) is 0 Å². The van der Waals surface area contributed by atoms with E-state index in [1.807, 2.05) is 0 Å². The van der Waals surface area contributed by atoms with Crippen molar-refractivity contribution in [2.45, 2.75) is 31.8 Å². The molecule has 5 nitrogen and oxygen atoms in total. The van der Waals surface area contributed by atoms with Crippen LogP contribution < -0.4 is 11.1 Å². The fourth-order valence-corrected chi connectivity index (χ4v) is 1.61. The van der Waals surface area contributed by atoms with Gasteiger partial charge in [-0.1, -0.05) is 0 Å². The summed E-state index contributed by atoms with van der Waals surface area (Å²) in [5.74, 6) is 0.0154. The van der Waals surface area contributed by atoms with Crippen LogP contribution in [0.5, 0.6) is 0 Å². The normalized spacial score (nSPS) is 19.9. The Kier molecular flexibility index (Phi) is 7.12. The van der Waals surface area contributed by atoms with E-state index in [-0.39, 0.29) is 12.0 Å². The van der Waals surface area contributed by atoms with Gasteiger partial charge in [-0.05, 0) is 19.3 Å². The summed E-state index contributed by atoms with van der Waals surface area (Å²) < 4.78 is 10.9. The smallest absolute Gasteiger partial charge is 0.221 e. The summed E-state index contributed by atoms with van der Waals surface area (Å²) in [6.45, 7) is 3.27. The second-order valence-electron chi connectivity index (χ2n) is 3.95. The second-order valence-corrected chi connectivity index (χ2v) is 3.95. The minimum Gasteiger partial charge on any atom is -0.379 e. The highest BCUT2D eigenvalue weighted by Crippen LogP contribution is 2.11. The lowest BCUT2D eigenvalue weighted by Gasteiger charge is -2.10. The first-order chi connectivity index (χ1) is 7.83. The van der Waals surface area contributed by atoms with E-state index in [4.69, 9.17) is 15.2 Å². The van der Waals surface area contributed by atoms with E-state index >= 15 is 0 Å². The zero-order valence-corrected chi connectivity index (χ0v) is 9.74. The Bertz CT molecular complexity index is 194. The van der Waals surface area contributed by atoms with Crippen molar-refractivity contribution in [1.29, 1.82) is 0 Å². The summed E-state index contributed by atoms with van der Waals surface area (Å²) in [5.41, 5.74) is 5.25. The molecule has 16 heavy (non-hydrogen) atoms. The molecule has 0 radical (unpaired) electrons. The molecule has 1 aliphatic rings. The van der Waals surface area contributed by atoms with Crippen molar-refractivity contribution in [3.8, 4) is 0 Å². The van der Waals surface area contributed by atoms with Crippen molar-refractivity contribution in [2.24, 2.45) is 5.73 Å². The average molecular weight is 230 g/mol. The molecule has 0 aromatic carbocycles. The van der Waals surface area contributed by atoms with E-state index in [1.165, 1.54) is 0 Å². The molecule has 1 rings (SSSR count). The van der Waals surface area contributed by atoms with Crippen LogP contribution in [0.2, 0.25) is 0 Å². The number of amides is 1. The van der Waals surface area contributed by atoms with Gasteiger partial charge in [-0.15, -0.1) is 0 Å². The quantitative estimate of drug-likeness (QED) is 0.577. The van der Waals surface area contributed by atoms with E-state index in [0.717, 1.165) is 25.9 Å². The standard InChI is InChI=1S/C11H22N2O3/c12-5-4-11(14)13-6-2-7-15-9-10-3-1-8-16-10/h10H,1-9,12H2,(H,13,14). The molecule has 5 heteroatoms. The van der Waals surface area contributed by atoms with E-state index < -0.39 is 0 Å². The van der Waals surface area contributed by atoms with Gasteiger partial charge in [0.25, 0.3) is 0 Å². The van der Waals surface area contributed by atoms with Gasteiger partial charge in [-0.3, -0.25) is 4.79 Å². The first-order valence-corrected chi connectivity index (χ1v) is 5.99. The van der Waals surface area contributed by atoms with Crippen LogP contribution in [0.3, 0.4) is 0 Å². The van der Waals surface area contributed by atoms with E-state index in [1.54, 1.807) is 0 Å². The van der Waals surface area contributed by atoms with Crippen molar-refractivity contribution >= 4 is 5.91 Å². The van der Waals surface area contributed by atoms with Gasteiger partial charge in [0.05, 0.1) is 12.7 Å². The molecule has 1 saturated heterocycles. The molecule has 0 spiro atoms. The number of carbonyl (C=O) groups excluding carboxylic acids is 1. The first-order valence-electron chi connectivity index (χ1n) is 5.99. The number of rotatable bonds is 8. The molecule has 0 bridgehead atoms. The van der Waals surface area contributed by atoms with Crippen LogP contribution in [0, 0.1) is 0 Å². The number of nitrogens with one attached hydrogen (secondary N) is 1. The van der Waals surface area contributed by atoms with Crippen molar-refractivity contribution in [2.75, 3.05) is 32.9 Å². The molecule has 0 aromatic heterocycles. The molecule has 0 aromatic rings. The fraction of sp³-hybridized carbons (Fsp3) is 0.909. The lowest BCUT2D eigenvalue weighted by Crippen LogP contribution is -2.27. The van der Waals surface area contributed by atoms with Gasteiger partial charge in [0.15, 0.2) is 0 Å². The highest BCUT2D eigenvalue weighted by atomic mass is 16.5. The third-order valence-electron chi connectivity index (χ3n) is 2.49. The lowest BCUT2D eigenvalue weighted by atomic mass is 10.2. The van der Waals surface area contributed by atoms with E-state index in [9.17, 15) is 4.79 Å². The molecular formula is C11H22N2O3. The van der Waals surface area contributed by atoms with Crippen molar-refractivity contribution < 1.29 is 14.3 Å². The Labute approximate surface area is 96.7 Å². The summed E-state index contributed by atoms with van der Waals surface area (Å²) in [6.07, 6.45) is 3.77.